The van der Waals surface area contributed by atoms with Crippen LogP contribution in [0.4, 0.5) is 0 Å². The number of nitrogens with one attached hydrogen (secondary N) is 1. The van der Waals surface area contributed by atoms with Crippen molar-refractivity contribution in [3.05, 3.63) is 62.3 Å². The van der Waals surface area contributed by atoms with E-state index in [0.29, 0.717) is 34.9 Å². The van der Waals surface area contributed by atoms with Crippen molar-refractivity contribution >= 4 is 28.2 Å². The molecule has 1 N–H and O–H groups in total. The maximum absolute atomic E-state index is 12.4. The van der Waals surface area contributed by atoms with E-state index in [2.05, 4.69) is 32.4 Å². The van der Waals surface area contributed by atoms with E-state index in [1.165, 1.54) is 12.0 Å². The van der Waals surface area contributed by atoms with E-state index in [0.717, 1.165) is 19.4 Å². The van der Waals surface area contributed by atoms with E-state index in [4.69, 9.17) is 4.74 Å². The van der Waals surface area contributed by atoms with Gasteiger partial charge in [0.05, 0.1) is 30.1 Å². The fourth-order valence-corrected chi connectivity index (χ4v) is 4.41. The van der Waals surface area contributed by atoms with Gasteiger partial charge in [-0.15, -0.1) is 11.3 Å². The molecule has 26 heavy (non-hydrogen) atoms. The van der Waals surface area contributed by atoms with Gasteiger partial charge in [0.15, 0.2) is 0 Å². The van der Waals surface area contributed by atoms with Crippen LogP contribution in [0.25, 0.3) is 10.9 Å². The summed E-state index contributed by atoms with van der Waals surface area (Å²) in [4.78, 5) is 35.3. The number of benzene rings is 1. The number of likely N-dealkylation sites (tertiary alicyclic amines) is 1. The molecule has 6 nitrogen and oxygen atoms in total. The highest BCUT2D eigenvalue weighted by molar-refractivity contribution is 7.10. The Morgan fingerprint density at radius 3 is 3.08 bits per heavy atom. The second-order valence-corrected chi connectivity index (χ2v) is 7.36. The molecule has 2 aromatic heterocycles. The van der Waals surface area contributed by atoms with Gasteiger partial charge >= 0.3 is 5.97 Å². The van der Waals surface area contributed by atoms with Crippen LogP contribution >= 0.6 is 11.3 Å². The minimum Gasteiger partial charge on any atom is -0.465 e. The number of rotatable bonds is 4. The minimum absolute atomic E-state index is 0.187. The molecule has 0 amide bonds. The van der Waals surface area contributed by atoms with Crippen molar-refractivity contribution in [2.24, 2.45) is 0 Å². The Morgan fingerprint density at radius 1 is 1.42 bits per heavy atom. The Kier molecular flexibility index (Phi) is 4.57. The summed E-state index contributed by atoms with van der Waals surface area (Å²) in [5.74, 6) is 0.181. The molecule has 1 atom stereocenters. The number of nitrogens with zero attached hydrogens (tertiary/aromatic N) is 2. The number of methoxy groups -OCH3 is 1. The van der Waals surface area contributed by atoms with Gasteiger partial charge in [-0.3, -0.25) is 9.69 Å². The predicted octanol–water partition coefficient (Wildman–Crippen LogP) is 3.11. The summed E-state index contributed by atoms with van der Waals surface area (Å²) in [7, 11) is 1.33. The average Bonchev–Trinajstić information content (AvgIpc) is 3.32. The Labute approximate surface area is 154 Å². The Balaban J connectivity index is 1.66. The third kappa shape index (κ3) is 3.15. The molecular weight excluding hydrogens is 350 g/mol. The number of carbonyl (C=O) groups excluding carboxylic acids is 1. The summed E-state index contributed by atoms with van der Waals surface area (Å²) >= 11 is 1.76. The summed E-state index contributed by atoms with van der Waals surface area (Å²) in [5, 5.41) is 2.56. The summed E-state index contributed by atoms with van der Waals surface area (Å²) in [6, 6.07) is 9.41. The molecule has 1 aliphatic rings. The van der Waals surface area contributed by atoms with Crippen molar-refractivity contribution in [2.75, 3.05) is 13.7 Å². The maximum atomic E-state index is 12.4. The van der Waals surface area contributed by atoms with Crippen LogP contribution in [0.2, 0.25) is 0 Å². The molecule has 0 spiro atoms. The summed E-state index contributed by atoms with van der Waals surface area (Å²) < 4.78 is 4.75. The van der Waals surface area contributed by atoms with E-state index < -0.39 is 5.97 Å². The number of carbonyl (C=O) groups is 1. The molecule has 1 fully saturated rings. The van der Waals surface area contributed by atoms with Gasteiger partial charge in [0.2, 0.25) is 0 Å². The van der Waals surface area contributed by atoms with Crippen LogP contribution in [0.1, 0.15) is 39.9 Å². The van der Waals surface area contributed by atoms with Gasteiger partial charge in [-0.1, -0.05) is 6.07 Å². The van der Waals surface area contributed by atoms with E-state index in [9.17, 15) is 9.59 Å². The van der Waals surface area contributed by atoms with Gasteiger partial charge in [-0.2, -0.15) is 0 Å². The first-order chi connectivity index (χ1) is 12.7. The monoisotopic (exact) mass is 369 g/mol. The average molecular weight is 369 g/mol. The number of esters is 1. The maximum Gasteiger partial charge on any atom is 0.337 e. The van der Waals surface area contributed by atoms with E-state index in [-0.39, 0.29) is 5.56 Å². The molecule has 1 aromatic carbocycles. The first kappa shape index (κ1) is 16.9. The van der Waals surface area contributed by atoms with Crippen LogP contribution < -0.4 is 5.56 Å². The standard InChI is InChI=1S/C19H19N3O3S/c1-25-19(24)12-6-7-13-14(10-12)20-17(21-18(13)23)11-22-8-2-4-15(22)16-5-3-9-26-16/h3,5-7,9-10,15H,2,4,8,11H2,1H3,(H,20,21,23). The Hall–Kier alpha value is -2.51. The molecule has 3 aromatic rings. The van der Waals surface area contributed by atoms with Gasteiger partial charge in [0.25, 0.3) is 5.56 Å². The summed E-state index contributed by atoms with van der Waals surface area (Å²) in [5.41, 5.74) is 0.716. The van der Waals surface area contributed by atoms with Crippen molar-refractivity contribution in [3.8, 4) is 0 Å². The Morgan fingerprint density at radius 2 is 2.31 bits per heavy atom. The molecule has 0 saturated carbocycles. The van der Waals surface area contributed by atoms with Crippen molar-refractivity contribution in [1.29, 1.82) is 0 Å². The third-order valence-corrected chi connectivity index (χ3v) is 5.74. The molecule has 134 valence electrons. The lowest BCUT2D eigenvalue weighted by Gasteiger charge is -2.23. The highest BCUT2D eigenvalue weighted by atomic mass is 32.1. The van der Waals surface area contributed by atoms with Gasteiger partial charge in [0, 0.05) is 10.9 Å². The molecule has 0 radical (unpaired) electrons. The number of H-pyrrole nitrogens is 1. The van der Waals surface area contributed by atoms with Crippen LogP contribution in [0.15, 0.2) is 40.5 Å². The molecule has 3 heterocycles. The quantitative estimate of drug-likeness (QED) is 0.715. The van der Waals surface area contributed by atoms with Gasteiger partial charge < -0.3 is 9.72 Å². The van der Waals surface area contributed by atoms with Gasteiger partial charge in [-0.25, -0.2) is 9.78 Å². The van der Waals surface area contributed by atoms with Gasteiger partial charge in [0.1, 0.15) is 5.82 Å². The van der Waals surface area contributed by atoms with Crippen LogP contribution in [-0.4, -0.2) is 34.5 Å². The second-order valence-electron chi connectivity index (χ2n) is 6.38. The van der Waals surface area contributed by atoms with Crippen molar-refractivity contribution in [2.45, 2.75) is 25.4 Å². The lowest BCUT2D eigenvalue weighted by atomic mass is 10.1. The lowest BCUT2D eigenvalue weighted by molar-refractivity contribution is 0.0601. The Bertz CT molecular complexity index is 997. The zero-order valence-electron chi connectivity index (χ0n) is 14.4. The zero-order chi connectivity index (χ0) is 18.1. The predicted molar refractivity (Wildman–Crippen MR) is 100 cm³/mol. The van der Waals surface area contributed by atoms with Crippen LogP contribution in [0, 0.1) is 0 Å². The highest BCUT2D eigenvalue weighted by Gasteiger charge is 2.27. The third-order valence-electron chi connectivity index (χ3n) is 4.76. The van der Waals surface area contributed by atoms with Crippen LogP contribution in [0.5, 0.6) is 0 Å². The number of aromatic nitrogens is 2. The minimum atomic E-state index is -0.437. The first-order valence-electron chi connectivity index (χ1n) is 8.54. The summed E-state index contributed by atoms with van der Waals surface area (Å²) in [6.45, 7) is 1.56. The molecule has 1 saturated heterocycles. The van der Waals surface area contributed by atoms with Crippen molar-refractivity contribution < 1.29 is 9.53 Å². The SMILES string of the molecule is COC(=O)c1ccc2c(=O)[nH]c(CN3CCCC3c3cccs3)nc2c1. The number of aromatic amines is 1. The van der Waals surface area contributed by atoms with E-state index in [1.54, 1.807) is 29.5 Å². The molecule has 1 unspecified atom stereocenters. The topological polar surface area (TPSA) is 75.3 Å². The highest BCUT2D eigenvalue weighted by Crippen LogP contribution is 2.35. The summed E-state index contributed by atoms with van der Waals surface area (Å²) in [6.07, 6.45) is 2.25. The van der Waals surface area contributed by atoms with Crippen LogP contribution in [-0.2, 0) is 11.3 Å². The molecular formula is C19H19N3O3S. The molecule has 0 bridgehead atoms. The van der Waals surface area contributed by atoms with Crippen LogP contribution in [0.3, 0.4) is 0 Å². The molecule has 1 aliphatic heterocycles. The van der Waals surface area contributed by atoms with Crippen molar-refractivity contribution in [1.82, 2.24) is 14.9 Å². The number of hydrogen-bond acceptors (Lipinski definition) is 6. The number of fused-ring (bicyclic) bond motifs is 1. The largest absolute Gasteiger partial charge is 0.465 e. The van der Waals surface area contributed by atoms with E-state index in [1.807, 2.05) is 0 Å². The molecule has 7 heteroatoms. The lowest BCUT2D eigenvalue weighted by Crippen LogP contribution is -2.25. The van der Waals surface area contributed by atoms with Gasteiger partial charge in [-0.05, 0) is 49.0 Å². The second kappa shape index (κ2) is 7.01. The number of thiophene rings is 1. The first-order valence-corrected chi connectivity index (χ1v) is 9.42. The number of hydrogen-bond donors (Lipinski definition) is 1. The van der Waals surface area contributed by atoms with Crippen molar-refractivity contribution in [3.63, 3.8) is 0 Å². The number of ether oxygens (including phenoxy) is 1. The fraction of sp³-hybridized carbons (Fsp3) is 0.316. The fourth-order valence-electron chi connectivity index (χ4n) is 3.52. The smallest absolute Gasteiger partial charge is 0.337 e. The molecule has 4 rings (SSSR count). The van der Waals surface area contributed by atoms with E-state index >= 15 is 0 Å². The molecule has 0 aliphatic carbocycles. The normalized spacial score (nSPS) is 17.7. The zero-order valence-corrected chi connectivity index (χ0v) is 15.2.